The first-order valence-corrected chi connectivity index (χ1v) is 6.35. The van der Waals surface area contributed by atoms with E-state index in [1.165, 1.54) is 4.88 Å². The predicted octanol–water partition coefficient (Wildman–Crippen LogP) is 3.04. The predicted molar refractivity (Wildman–Crippen MR) is 70.0 cm³/mol. The third-order valence-electron chi connectivity index (χ3n) is 2.51. The maximum absolute atomic E-state index is 8.73. The third-order valence-corrected chi connectivity index (χ3v) is 3.37. The minimum Gasteiger partial charge on any atom is -0.352 e. The molecule has 3 nitrogen and oxygen atoms in total. The molecule has 0 aliphatic rings. The van der Waals surface area contributed by atoms with Crippen molar-refractivity contribution in [2.24, 2.45) is 0 Å². The molecule has 0 aliphatic heterocycles. The smallest absolute Gasteiger partial charge is 0.128 e. The minimum atomic E-state index is 0.598. The van der Waals surface area contributed by atoms with Gasteiger partial charge in [0.15, 0.2) is 0 Å². The standard InChI is InChI=1S/C13H13N3S/c1-2-16(10-12-4-3-7-17-12)13-6-5-11(8-14)9-15-13/h3-7,9H,2,10H2,1H3. The van der Waals surface area contributed by atoms with E-state index in [1.54, 1.807) is 23.6 Å². The Bertz CT molecular complexity index is 496. The molecule has 86 valence electrons. The van der Waals surface area contributed by atoms with Crippen molar-refractivity contribution in [2.45, 2.75) is 13.5 Å². The van der Waals surface area contributed by atoms with Gasteiger partial charge >= 0.3 is 0 Å². The second-order valence-corrected chi connectivity index (χ2v) is 4.64. The van der Waals surface area contributed by atoms with Crippen LogP contribution < -0.4 is 4.90 Å². The Kier molecular flexibility index (Phi) is 3.73. The lowest BCUT2D eigenvalue weighted by molar-refractivity contribution is 0.823. The molecule has 0 saturated carbocycles. The van der Waals surface area contributed by atoms with E-state index >= 15 is 0 Å². The van der Waals surface area contributed by atoms with Crippen LogP contribution >= 0.6 is 11.3 Å². The highest BCUT2D eigenvalue weighted by Crippen LogP contribution is 2.17. The van der Waals surface area contributed by atoms with Gasteiger partial charge < -0.3 is 4.90 Å². The van der Waals surface area contributed by atoms with Gasteiger partial charge in [-0.1, -0.05) is 6.07 Å². The highest BCUT2D eigenvalue weighted by Gasteiger charge is 2.07. The topological polar surface area (TPSA) is 39.9 Å². The SMILES string of the molecule is CCN(Cc1cccs1)c1ccc(C#N)cn1. The number of aromatic nitrogens is 1. The number of hydrogen-bond donors (Lipinski definition) is 0. The van der Waals surface area contributed by atoms with Crippen LogP contribution in [0.15, 0.2) is 35.8 Å². The fourth-order valence-electron chi connectivity index (χ4n) is 1.58. The van der Waals surface area contributed by atoms with Crippen LogP contribution in [0.5, 0.6) is 0 Å². The normalized spacial score (nSPS) is 9.88. The maximum Gasteiger partial charge on any atom is 0.128 e. The van der Waals surface area contributed by atoms with Gasteiger partial charge in [-0.2, -0.15) is 5.26 Å². The van der Waals surface area contributed by atoms with Gasteiger partial charge in [-0.25, -0.2) is 4.98 Å². The molecular weight excluding hydrogens is 230 g/mol. The Labute approximate surface area is 105 Å². The van der Waals surface area contributed by atoms with E-state index in [4.69, 9.17) is 5.26 Å². The van der Waals surface area contributed by atoms with Crippen LogP contribution in [0.1, 0.15) is 17.4 Å². The van der Waals surface area contributed by atoms with Crippen LogP contribution in [0.25, 0.3) is 0 Å². The summed E-state index contributed by atoms with van der Waals surface area (Å²) in [4.78, 5) is 7.81. The number of nitrogens with zero attached hydrogens (tertiary/aromatic N) is 3. The van der Waals surface area contributed by atoms with Gasteiger partial charge in [-0.15, -0.1) is 11.3 Å². The first kappa shape index (κ1) is 11.6. The Balaban J connectivity index is 2.14. The van der Waals surface area contributed by atoms with Gasteiger partial charge in [0.1, 0.15) is 11.9 Å². The molecule has 2 rings (SSSR count). The lowest BCUT2D eigenvalue weighted by atomic mass is 10.3. The molecule has 0 aromatic carbocycles. The van der Waals surface area contributed by atoms with E-state index < -0.39 is 0 Å². The number of pyridine rings is 1. The van der Waals surface area contributed by atoms with E-state index in [2.05, 4.69) is 40.4 Å². The Morgan fingerprint density at radius 1 is 1.41 bits per heavy atom. The second kappa shape index (κ2) is 5.46. The van der Waals surface area contributed by atoms with Gasteiger partial charge in [0.2, 0.25) is 0 Å². The first-order valence-electron chi connectivity index (χ1n) is 5.47. The van der Waals surface area contributed by atoms with Crippen molar-refractivity contribution in [3.63, 3.8) is 0 Å². The zero-order valence-corrected chi connectivity index (χ0v) is 10.4. The monoisotopic (exact) mass is 243 g/mol. The molecular formula is C13H13N3S. The average molecular weight is 243 g/mol. The number of thiophene rings is 1. The number of hydrogen-bond acceptors (Lipinski definition) is 4. The molecule has 2 aromatic heterocycles. The van der Waals surface area contributed by atoms with Crippen molar-refractivity contribution in [2.75, 3.05) is 11.4 Å². The van der Waals surface area contributed by atoms with Crippen LogP contribution in [0.2, 0.25) is 0 Å². The van der Waals surface area contributed by atoms with Gasteiger partial charge in [0, 0.05) is 17.6 Å². The Morgan fingerprint density at radius 3 is 2.82 bits per heavy atom. The summed E-state index contributed by atoms with van der Waals surface area (Å²) in [5.74, 6) is 0.917. The number of rotatable bonds is 4. The second-order valence-electron chi connectivity index (χ2n) is 3.61. The van der Waals surface area contributed by atoms with E-state index in [0.717, 1.165) is 18.9 Å². The molecule has 0 radical (unpaired) electrons. The zero-order valence-electron chi connectivity index (χ0n) is 9.63. The summed E-state index contributed by atoms with van der Waals surface area (Å²) < 4.78 is 0. The van der Waals surface area contributed by atoms with Crippen LogP contribution in [-0.4, -0.2) is 11.5 Å². The van der Waals surface area contributed by atoms with Crippen molar-refractivity contribution in [3.05, 3.63) is 46.3 Å². The van der Waals surface area contributed by atoms with E-state index in [0.29, 0.717) is 5.56 Å². The van der Waals surface area contributed by atoms with E-state index in [9.17, 15) is 0 Å². The van der Waals surface area contributed by atoms with Crippen LogP contribution in [-0.2, 0) is 6.54 Å². The minimum absolute atomic E-state index is 0.598. The fraction of sp³-hybridized carbons (Fsp3) is 0.231. The summed E-state index contributed by atoms with van der Waals surface area (Å²) >= 11 is 1.75. The van der Waals surface area contributed by atoms with Crippen LogP contribution in [0.3, 0.4) is 0 Å². The maximum atomic E-state index is 8.73. The van der Waals surface area contributed by atoms with Gasteiger partial charge in [0.05, 0.1) is 12.1 Å². The lowest BCUT2D eigenvalue weighted by Gasteiger charge is -2.20. The van der Waals surface area contributed by atoms with Crippen LogP contribution in [0.4, 0.5) is 5.82 Å². The molecule has 0 bridgehead atoms. The van der Waals surface area contributed by atoms with Crippen LogP contribution in [0, 0.1) is 11.3 Å². The molecule has 0 unspecified atom stereocenters. The molecule has 0 saturated heterocycles. The molecule has 0 fully saturated rings. The largest absolute Gasteiger partial charge is 0.352 e. The molecule has 0 amide bonds. The highest BCUT2D eigenvalue weighted by molar-refractivity contribution is 7.09. The van der Waals surface area contributed by atoms with E-state index in [1.807, 2.05) is 6.07 Å². The fourth-order valence-corrected chi connectivity index (χ4v) is 2.30. The van der Waals surface area contributed by atoms with Crippen molar-refractivity contribution in [3.8, 4) is 6.07 Å². The van der Waals surface area contributed by atoms with Crippen molar-refractivity contribution >= 4 is 17.2 Å². The molecule has 2 heterocycles. The Morgan fingerprint density at radius 2 is 2.29 bits per heavy atom. The molecule has 2 aromatic rings. The molecule has 0 spiro atoms. The molecule has 0 N–H and O–H groups in total. The first-order chi connectivity index (χ1) is 8.33. The van der Waals surface area contributed by atoms with Crippen molar-refractivity contribution in [1.82, 2.24) is 4.98 Å². The number of anilines is 1. The Hall–Kier alpha value is -1.86. The summed E-state index contributed by atoms with van der Waals surface area (Å²) in [7, 11) is 0. The molecule has 17 heavy (non-hydrogen) atoms. The molecule has 4 heteroatoms. The zero-order chi connectivity index (χ0) is 12.1. The summed E-state index contributed by atoms with van der Waals surface area (Å²) in [6, 6.07) is 9.96. The van der Waals surface area contributed by atoms with Crippen molar-refractivity contribution < 1.29 is 0 Å². The third kappa shape index (κ3) is 2.83. The van der Waals surface area contributed by atoms with Gasteiger partial charge in [0.25, 0.3) is 0 Å². The lowest BCUT2D eigenvalue weighted by Crippen LogP contribution is -2.22. The molecule has 0 atom stereocenters. The molecule has 0 aliphatic carbocycles. The number of nitriles is 1. The quantitative estimate of drug-likeness (QED) is 0.828. The van der Waals surface area contributed by atoms with E-state index in [-0.39, 0.29) is 0 Å². The summed E-state index contributed by atoms with van der Waals surface area (Å²) in [5, 5.41) is 10.8. The summed E-state index contributed by atoms with van der Waals surface area (Å²) in [6.45, 7) is 3.87. The highest BCUT2D eigenvalue weighted by atomic mass is 32.1. The van der Waals surface area contributed by atoms with Gasteiger partial charge in [-0.05, 0) is 30.5 Å². The average Bonchev–Trinajstić information content (AvgIpc) is 2.89. The van der Waals surface area contributed by atoms with Crippen molar-refractivity contribution in [1.29, 1.82) is 5.26 Å². The summed E-state index contributed by atoms with van der Waals surface area (Å²) in [5.41, 5.74) is 0.598. The summed E-state index contributed by atoms with van der Waals surface area (Å²) in [6.07, 6.45) is 1.62. The van der Waals surface area contributed by atoms with Gasteiger partial charge in [-0.3, -0.25) is 0 Å².